The fourth-order valence-corrected chi connectivity index (χ4v) is 3.77. The van der Waals surface area contributed by atoms with Crippen LogP contribution in [0.15, 0.2) is 24.5 Å². The van der Waals surface area contributed by atoms with Crippen LogP contribution in [0.2, 0.25) is 0 Å². The van der Waals surface area contributed by atoms with Gasteiger partial charge in [0.1, 0.15) is 0 Å². The molecule has 1 aromatic carbocycles. The molecule has 1 spiro atoms. The number of aromatic nitrogens is 2. The van der Waals surface area contributed by atoms with E-state index in [9.17, 15) is 0 Å². The zero-order valence-corrected chi connectivity index (χ0v) is 13.2. The van der Waals surface area contributed by atoms with Gasteiger partial charge in [-0.25, -0.2) is 4.98 Å². The molecule has 1 aliphatic carbocycles. The lowest BCUT2D eigenvalue weighted by molar-refractivity contribution is 0.0631. The number of rotatable bonds is 2. The van der Waals surface area contributed by atoms with Crippen molar-refractivity contribution in [1.29, 1.82) is 5.26 Å². The van der Waals surface area contributed by atoms with Crippen molar-refractivity contribution in [2.24, 2.45) is 11.3 Å². The molecule has 2 heterocycles. The van der Waals surface area contributed by atoms with Gasteiger partial charge in [-0.15, -0.1) is 0 Å². The van der Waals surface area contributed by atoms with E-state index >= 15 is 0 Å². The maximum atomic E-state index is 9.11. The van der Waals surface area contributed by atoms with Gasteiger partial charge in [-0.2, -0.15) is 5.26 Å². The number of imidazole rings is 1. The standard InChI is InChI=1S/C18H21N3O/c1-17(2)5-6-18(11-22-18)8-14(17)10-21-12-20-15-4-3-13(9-19)7-16(15)21/h3-4,7,12,14H,5-6,8,10-11H2,1-2H3/t14?,18-/m0/s1. The Morgan fingerprint density at radius 3 is 2.95 bits per heavy atom. The molecule has 1 aliphatic heterocycles. The Morgan fingerprint density at radius 1 is 1.41 bits per heavy atom. The van der Waals surface area contributed by atoms with Gasteiger partial charge < -0.3 is 9.30 Å². The summed E-state index contributed by atoms with van der Waals surface area (Å²) in [4.78, 5) is 4.48. The number of ether oxygens (including phenoxy) is 1. The van der Waals surface area contributed by atoms with Crippen LogP contribution < -0.4 is 0 Å². The van der Waals surface area contributed by atoms with E-state index in [1.165, 1.54) is 12.8 Å². The van der Waals surface area contributed by atoms with Gasteiger partial charge in [-0.05, 0) is 48.8 Å². The SMILES string of the molecule is CC1(C)CC[C@@]2(CO2)CC1Cn1cnc2ccc(C#N)cc21. The molecular formula is C18H21N3O. The topological polar surface area (TPSA) is 54.1 Å². The first-order valence-electron chi connectivity index (χ1n) is 8.00. The highest BCUT2D eigenvalue weighted by Gasteiger charge is 2.52. The molecule has 4 heteroatoms. The van der Waals surface area contributed by atoms with Crippen LogP contribution in [-0.4, -0.2) is 21.8 Å². The van der Waals surface area contributed by atoms with Gasteiger partial charge in [0, 0.05) is 6.54 Å². The minimum atomic E-state index is 0.175. The zero-order chi connectivity index (χ0) is 15.4. The van der Waals surface area contributed by atoms with Gasteiger partial charge in [0.05, 0.1) is 41.2 Å². The number of epoxide rings is 1. The van der Waals surface area contributed by atoms with Crippen molar-refractivity contribution in [3.63, 3.8) is 0 Å². The largest absolute Gasteiger partial charge is 0.370 e. The van der Waals surface area contributed by atoms with Crippen LogP contribution in [0, 0.1) is 22.7 Å². The molecule has 2 fully saturated rings. The summed E-state index contributed by atoms with van der Waals surface area (Å²) in [6.07, 6.45) is 5.46. The van der Waals surface area contributed by atoms with Crippen LogP contribution in [0.1, 0.15) is 38.7 Å². The Balaban J connectivity index is 1.66. The summed E-state index contributed by atoms with van der Waals surface area (Å²) < 4.78 is 7.95. The third-order valence-corrected chi connectivity index (χ3v) is 5.67. The van der Waals surface area contributed by atoms with Crippen LogP contribution >= 0.6 is 0 Å². The van der Waals surface area contributed by atoms with Crippen LogP contribution in [-0.2, 0) is 11.3 Å². The zero-order valence-electron chi connectivity index (χ0n) is 13.2. The first-order valence-corrected chi connectivity index (χ1v) is 8.00. The van der Waals surface area contributed by atoms with E-state index in [2.05, 4.69) is 29.5 Å². The molecule has 1 saturated heterocycles. The summed E-state index contributed by atoms with van der Waals surface area (Å²) in [5.41, 5.74) is 3.21. The molecule has 1 aromatic heterocycles. The predicted octanol–water partition coefficient (Wildman–Crippen LogP) is 3.50. The minimum absolute atomic E-state index is 0.175. The number of hydrogen-bond acceptors (Lipinski definition) is 3. The van der Waals surface area contributed by atoms with Crippen molar-refractivity contribution < 1.29 is 4.74 Å². The number of nitrogens with zero attached hydrogens (tertiary/aromatic N) is 3. The molecule has 0 amide bonds. The first-order chi connectivity index (χ1) is 10.5. The summed E-state index contributed by atoms with van der Waals surface area (Å²) in [5.74, 6) is 0.576. The average Bonchev–Trinajstić information content (AvgIpc) is 3.16. The van der Waals surface area contributed by atoms with Crippen LogP contribution in [0.4, 0.5) is 0 Å². The number of hydrogen-bond donors (Lipinski definition) is 0. The monoisotopic (exact) mass is 295 g/mol. The van der Waals surface area contributed by atoms with E-state index in [1.54, 1.807) is 0 Å². The first kappa shape index (κ1) is 13.8. The van der Waals surface area contributed by atoms with Gasteiger partial charge in [0.2, 0.25) is 0 Å². The quantitative estimate of drug-likeness (QED) is 0.797. The summed E-state index contributed by atoms with van der Waals surface area (Å²) in [6.45, 7) is 6.62. The predicted molar refractivity (Wildman–Crippen MR) is 84.3 cm³/mol. The Bertz CT molecular complexity index is 764. The van der Waals surface area contributed by atoms with Crippen LogP contribution in [0.3, 0.4) is 0 Å². The molecule has 0 N–H and O–H groups in total. The Hall–Kier alpha value is -1.86. The third-order valence-electron chi connectivity index (χ3n) is 5.67. The van der Waals surface area contributed by atoms with Gasteiger partial charge in [-0.3, -0.25) is 0 Å². The fourth-order valence-electron chi connectivity index (χ4n) is 3.77. The van der Waals surface area contributed by atoms with Crippen molar-refractivity contribution in [3.8, 4) is 6.07 Å². The molecule has 4 rings (SSSR count). The number of nitriles is 1. The molecule has 0 radical (unpaired) electrons. The highest BCUT2D eigenvalue weighted by atomic mass is 16.6. The Morgan fingerprint density at radius 2 is 2.23 bits per heavy atom. The normalized spacial score (nSPS) is 29.6. The summed E-state index contributed by atoms with van der Waals surface area (Å²) in [7, 11) is 0. The van der Waals surface area contributed by atoms with E-state index in [-0.39, 0.29) is 5.60 Å². The molecular weight excluding hydrogens is 274 g/mol. The Labute approximate surface area is 130 Å². The lowest BCUT2D eigenvalue weighted by Gasteiger charge is -2.41. The lowest BCUT2D eigenvalue weighted by Crippen LogP contribution is -2.38. The maximum Gasteiger partial charge on any atom is 0.0992 e. The van der Waals surface area contributed by atoms with Crippen molar-refractivity contribution in [2.75, 3.05) is 6.61 Å². The van der Waals surface area contributed by atoms with Crippen molar-refractivity contribution in [2.45, 2.75) is 45.3 Å². The Kier molecular flexibility index (Phi) is 2.86. The second-order valence-electron chi connectivity index (χ2n) is 7.57. The molecule has 4 nitrogen and oxygen atoms in total. The molecule has 2 atom stereocenters. The summed E-state index contributed by atoms with van der Waals surface area (Å²) in [6, 6.07) is 7.93. The second kappa shape index (κ2) is 4.57. The number of benzene rings is 1. The fraction of sp³-hybridized carbons (Fsp3) is 0.556. The maximum absolute atomic E-state index is 9.11. The van der Waals surface area contributed by atoms with E-state index in [4.69, 9.17) is 10.00 Å². The lowest BCUT2D eigenvalue weighted by atomic mass is 9.65. The smallest absolute Gasteiger partial charge is 0.0992 e. The third kappa shape index (κ3) is 2.21. The number of fused-ring (bicyclic) bond motifs is 1. The van der Waals surface area contributed by atoms with Crippen molar-refractivity contribution in [3.05, 3.63) is 30.1 Å². The average molecular weight is 295 g/mol. The van der Waals surface area contributed by atoms with Crippen LogP contribution in [0.25, 0.3) is 11.0 Å². The van der Waals surface area contributed by atoms with E-state index in [1.807, 2.05) is 24.5 Å². The molecule has 22 heavy (non-hydrogen) atoms. The molecule has 2 aliphatic rings. The van der Waals surface area contributed by atoms with Gasteiger partial charge in [0.25, 0.3) is 0 Å². The van der Waals surface area contributed by atoms with Crippen molar-refractivity contribution >= 4 is 11.0 Å². The highest BCUT2D eigenvalue weighted by Crippen LogP contribution is 2.52. The molecule has 114 valence electrons. The molecule has 0 bridgehead atoms. The van der Waals surface area contributed by atoms with E-state index in [0.29, 0.717) is 16.9 Å². The minimum Gasteiger partial charge on any atom is -0.370 e. The highest BCUT2D eigenvalue weighted by molar-refractivity contribution is 5.76. The summed E-state index contributed by atoms with van der Waals surface area (Å²) in [5, 5.41) is 9.11. The second-order valence-corrected chi connectivity index (χ2v) is 7.57. The molecule has 1 unspecified atom stereocenters. The summed E-state index contributed by atoms with van der Waals surface area (Å²) >= 11 is 0. The van der Waals surface area contributed by atoms with Gasteiger partial charge in [-0.1, -0.05) is 13.8 Å². The molecule has 2 aromatic rings. The van der Waals surface area contributed by atoms with Crippen LogP contribution in [0.5, 0.6) is 0 Å². The van der Waals surface area contributed by atoms with E-state index < -0.39 is 0 Å². The van der Waals surface area contributed by atoms with Crippen molar-refractivity contribution in [1.82, 2.24) is 9.55 Å². The van der Waals surface area contributed by atoms with Gasteiger partial charge in [0.15, 0.2) is 0 Å². The van der Waals surface area contributed by atoms with Gasteiger partial charge >= 0.3 is 0 Å². The van der Waals surface area contributed by atoms with E-state index in [0.717, 1.165) is 30.6 Å². The molecule has 1 saturated carbocycles.